The van der Waals surface area contributed by atoms with Crippen molar-refractivity contribution in [3.63, 3.8) is 0 Å². The highest BCUT2D eigenvalue weighted by atomic mass is 16.5. The third-order valence-corrected chi connectivity index (χ3v) is 5.18. The van der Waals surface area contributed by atoms with Gasteiger partial charge in [0.25, 0.3) is 0 Å². The van der Waals surface area contributed by atoms with Crippen molar-refractivity contribution in [2.75, 3.05) is 27.9 Å². The molecule has 26 heavy (non-hydrogen) atoms. The molecule has 0 bridgehead atoms. The molecule has 0 aromatic heterocycles. The molecule has 146 valence electrons. The highest BCUT2D eigenvalue weighted by Crippen LogP contribution is 2.38. The van der Waals surface area contributed by atoms with E-state index < -0.39 is 0 Å². The summed E-state index contributed by atoms with van der Waals surface area (Å²) in [5, 5.41) is 3.14. The number of aryl methyl sites for hydroxylation is 1. The first kappa shape index (κ1) is 20.4. The van der Waals surface area contributed by atoms with Gasteiger partial charge in [-0.15, -0.1) is 0 Å². The Hall–Kier alpha value is -1.95. The summed E-state index contributed by atoms with van der Waals surface area (Å²) in [5.41, 5.74) is 6.87. The molecule has 0 heterocycles. The molecular weight excluding hydrogens is 332 g/mol. The predicted octanol–water partition coefficient (Wildman–Crippen LogP) is 2.67. The molecule has 0 saturated heterocycles. The largest absolute Gasteiger partial charge is 0.493 e. The molecule has 1 aromatic rings. The number of methoxy groups -OCH3 is 3. The number of benzene rings is 1. The van der Waals surface area contributed by atoms with Gasteiger partial charge in [-0.3, -0.25) is 4.79 Å². The average Bonchev–Trinajstić information content (AvgIpc) is 2.70. The van der Waals surface area contributed by atoms with Gasteiger partial charge in [-0.05, 0) is 42.9 Å². The highest BCUT2D eigenvalue weighted by molar-refractivity contribution is 5.76. The lowest BCUT2D eigenvalue weighted by Gasteiger charge is -2.30. The molecule has 1 fully saturated rings. The maximum Gasteiger partial charge on any atom is 0.220 e. The lowest BCUT2D eigenvalue weighted by molar-refractivity contribution is -0.122. The van der Waals surface area contributed by atoms with Gasteiger partial charge in [0.2, 0.25) is 11.7 Å². The quantitative estimate of drug-likeness (QED) is 0.704. The molecule has 0 radical (unpaired) electrons. The number of hydrogen-bond acceptors (Lipinski definition) is 5. The summed E-state index contributed by atoms with van der Waals surface area (Å²) >= 11 is 0. The number of carbonyl (C=O) groups excluding carboxylic acids is 1. The van der Waals surface area contributed by atoms with Crippen molar-refractivity contribution in [3.05, 3.63) is 17.7 Å². The van der Waals surface area contributed by atoms with Crippen molar-refractivity contribution < 1.29 is 19.0 Å². The maximum absolute atomic E-state index is 12.4. The minimum atomic E-state index is 0.0415. The van der Waals surface area contributed by atoms with Crippen molar-refractivity contribution in [3.8, 4) is 17.2 Å². The summed E-state index contributed by atoms with van der Waals surface area (Å²) in [6.45, 7) is 0.501. The van der Waals surface area contributed by atoms with Gasteiger partial charge >= 0.3 is 0 Å². The van der Waals surface area contributed by atoms with Crippen LogP contribution in [0.4, 0.5) is 0 Å². The molecule has 1 aliphatic carbocycles. The zero-order valence-electron chi connectivity index (χ0n) is 16.2. The van der Waals surface area contributed by atoms with Crippen molar-refractivity contribution in [1.82, 2.24) is 5.32 Å². The van der Waals surface area contributed by atoms with E-state index in [0.717, 1.165) is 18.4 Å². The standard InChI is InChI=1S/C20H32N2O4/c1-24-17-11-14(12-18(25-2)20(17)26-3)9-10-19(23)22-16(13-21)15-7-5-4-6-8-15/h11-12,15-16H,4-10,13,21H2,1-3H3,(H,22,23). The van der Waals surface area contributed by atoms with Crippen molar-refractivity contribution >= 4 is 5.91 Å². The van der Waals surface area contributed by atoms with E-state index in [1.165, 1.54) is 19.3 Å². The Labute approximate surface area is 156 Å². The zero-order valence-corrected chi connectivity index (χ0v) is 16.2. The van der Waals surface area contributed by atoms with Crippen LogP contribution in [0.2, 0.25) is 0 Å². The van der Waals surface area contributed by atoms with Gasteiger partial charge in [0, 0.05) is 19.0 Å². The molecule has 0 spiro atoms. The lowest BCUT2D eigenvalue weighted by Crippen LogP contribution is -2.46. The van der Waals surface area contributed by atoms with Crippen molar-refractivity contribution in [2.24, 2.45) is 11.7 Å². The number of rotatable bonds is 9. The van der Waals surface area contributed by atoms with Crippen LogP contribution >= 0.6 is 0 Å². The Morgan fingerprint density at radius 1 is 1.12 bits per heavy atom. The van der Waals surface area contributed by atoms with Gasteiger partial charge in [0.1, 0.15) is 0 Å². The zero-order chi connectivity index (χ0) is 18.9. The van der Waals surface area contributed by atoms with E-state index in [2.05, 4.69) is 5.32 Å². The third kappa shape index (κ3) is 5.27. The number of amides is 1. The van der Waals surface area contributed by atoms with Crippen LogP contribution in [0.25, 0.3) is 0 Å². The van der Waals surface area contributed by atoms with Crippen LogP contribution < -0.4 is 25.3 Å². The van der Waals surface area contributed by atoms with Crippen LogP contribution in [-0.2, 0) is 11.2 Å². The van der Waals surface area contributed by atoms with Gasteiger partial charge in [-0.25, -0.2) is 0 Å². The fourth-order valence-electron chi connectivity index (χ4n) is 3.72. The number of nitrogens with one attached hydrogen (secondary N) is 1. The Morgan fingerprint density at radius 2 is 1.73 bits per heavy atom. The average molecular weight is 364 g/mol. The SMILES string of the molecule is COc1cc(CCC(=O)NC(CN)C2CCCCC2)cc(OC)c1OC. The smallest absolute Gasteiger partial charge is 0.220 e. The third-order valence-electron chi connectivity index (χ3n) is 5.18. The normalized spacial score (nSPS) is 16.0. The second-order valence-electron chi connectivity index (χ2n) is 6.84. The summed E-state index contributed by atoms with van der Waals surface area (Å²) < 4.78 is 16.1. The Kier molecular flexibility index (Phi) is 8.04. The Morgan fingerprint density at radius 3 is 2.23 bits per heavy atom. The minimum absolute atomic E-state index is 0.0415. The summed E-state index contributed by atoms with van der Waals surface area (Å²) in [7, 11) is 4.75. The number of hydrogen-bond donors (Lipinski definition) is 2. The molecule has 2 rings (SSSR count). The fraction of sp³-hybridized carbons (Fsp3) is 0.650. The Bertz CT molecular complexity index is 560. The van der Waals surface area contributed by atoms with Crippen LogP contribution in [0.3, 0.4) is 0 Å². The first-order valence-corrected chi connectivity index (χ1v) is 9.41. The molecular formula is C20H32N2O4. The summed E-state index contributed by atoms with van der Waals surface area (Å²) in [6, 6.07) is 3.86. The van der Waals surface area contributed by atoms with Crippen molar-refractivity contribution in [1.29, 1.82) is 0 Å². The van der Waals surface area contributed by atoms with Gasteiger partial charge in [-0.2, -0.15) is 0 Å². The predicted molar refractivity (Wildman–Crippen MR) is 102 cm³/mol. The van der Waals surface area contributed by atoms with Crippen LogP contribution in [0, 0.1) is 5.92 Å². The Balaban J connectivity index is 1.95. The van der Waals surface area contributed by atoms with Crippen molar-refractivity contribution in [2.45, 2.75) is 51.0 Å². The number of ether oxygens (including phenoxy) is 3. The summed E-state index contributed by atoms with van der Waals surface area (Å²) in [6.07, 6.45) is 7.10. The van der Waals surface area contributed by atoms with Crippen LogP contribution in [0.1, 0.15) is 44.1 Å². The van der Waals surface area contributed by atoms with Crippen LogP contribution in [0.5, 0.6) is 17.2 Å². The second-order valence-corrected chi connectivity index (χ2v) is 6.84. The van der Waals surface area contributed by atoms with Gasteiger partial charge in [0.05, 0.1) is 21.3 Å². The molecule has 1 saturated carbocycles. The van der Waals surface area contributed by atoms with Crippen LogP contribution in [-0.4, -0.2) is 39.8 Å². The molecule has 1 unspecified atom stereocenters. The summed E-state index contributed by atoms with van der Waals surface area (Å²) in [4.78, 5) is 12.4. The van der Waals surface area contributed by atoms with E-state index in [9.17, 15) is 4.79 Å². The maximum atomic E-state index is 12.4. The van der Waals surface area contributed by atoms with E-state index in [4.69, 9.17) is 19.9 Å². The molecule has 1 atom stereocenters. The number of carbonyl (C=O) groups is 1. The summed E-state index contributed by atoms with van der Waals surface area (Å²) in [5.74, 6) is 2.32. The molecule has 6 nitrogen and oxygen atoms in total. The van der Waals surface area contributed by atoms with Gasteiger partial charge in [0.15, 0.2) is 11.5 Å². The molecule has 1 aliphatic rings. The van der Waals surface area contributed by atoms with E-state index >= 15 is 0 Å². The second kappa shape index (κ2) is 10.3. The van der Waals surface area contributed by atoms with E-state index in [0.29, 0.717) is 42.6 Å². The van der Waals surface area contributed by atoms with Crippen LogP contribution in [0.15, 0.2) is 12.1 Å². The number of nitrogens with two attached hydrogens (primary N) is 1. The van der Waals surface area contributed by atoms with E-state index in [-0.39, 0.29) is 11.9 Å². The lowest BCUT2D eigenvalue weighted by atomic mass is 9.84. The van der Waals surface area contributed by atoms with Gasteiger partial charge in [-0.1, -0.05) is 19.3 Å². The highest BCUT2D eigenvalue weighted by Gasteiger charge is 2.24. The topological polar surface area (TPSA) is 82.8 Å². The molecule has 1 aromatic carbocycles. The first-order valence-electron chi connectivity index (χ1n) is 9.41. The molecule has 0 aliphatic heterocycles. The molecule has 1 amide bonds. The minimum Gasteiger partial charge on any atom is -0.493 e. The van der Waals surface area contributed by atoms with E-state index in [1.54, 1.807) is 21.3 Å². The molecule has 6 heteroatoms. The molecule has 3 N–H and O–H groups in total. The first-order chi connectivity index (χ1) is 12.6. The fourth-order valence-corrected chi connectivity index (χ4v) is 3.72. The van der Waals surface area contributed by atoms with E-state index in [1.807, 2.05) is 12.1 Å². The van der Waals surface area contributed by atoms with Gasteiger partial charge < -0.3 is 25.3 Å². The monoisotopic (exact) mass is 364 g/mol.